The van der Waals surface area contributed by atoms with Crippen LogP contribution >= 0.6 is 0 Å². The first-order chi connectivity index (χ1) is 14.5. The maximum Gasteiger partial charge on any atom is 0.535 e. The van der Waals surface area contributed by atoms with Crippen LogP contribution in [-0.4, -0.2) is 61.1 Å². The highest BCUT2D eigenvalue weighted by Gasteiger charge is 2.19. The molecule has 0 amide bonds. The second-order valence-electron chi connectivity index (χ2n) is 5.97. The third kappa shape index (κ3) is 5.49. The van der Waals surface area contributed by atoms with E-state index in [0.717, 1.165) is 4.85 Å². The Labute approximate surface area is 173 Å². The molecular weight excluding hydrogens is 414 g/mol. The maximum absolute atomic E-state index is 12.5. The summed E-state index contributed by atoms with van der Waals surface area (Å²) in [5.41, 5.74) is 1.52. The summed E-state index contributed by atoms with van der Waals surface area (Å²) in [5.74, 6) is 0. The number of carbonyl (C=O) groups excluding carboxylic acids is 1. The van der Waals surface area contributed by atoms with Crippen molar-refractivity contribution in [2.75, 3.05) is 26.4 Å². The Kier molecular flexibility index (Phi) is 7.27. The fraction of sp³-hybridized carbons (Fsp3) is 0.333. The Morgan fingerprint density at radius 2 is 2.03 bits per heavy atom. The zero-order valence-corrected chi connectivity index (χ0v) is 17.0. The summed E-state index contributed by atoms with van der Waals surface area (Å²) in [5, 5.41) is 7.59. The molecule has 1 aromatic carbocycles. The Bertz CT molecular complexity index is 1100. The van der Waals surface area contributed by atoms with Crippen LogP contribution in [-0.2, 0) is 25.9 Å². The topological polar surface area (TPSA) is 135 Å². The van der Waals surface area contributed by atoms with E-state index < -0.39 is 16.2 Å². The van der Waals surface area contributed by atoms with E-state index >= 15 is 0 Å². The van der Waals surface area contributed by atoms with E-state index in [1.165, 1.54) is 12.4 Å². The number of hydrogen-bond donors (Lipinski definition) is 1. The number of benzene rings is 1. The molecule has 0 bridgehead atoms. The number of para-hydroxylation sites is 1. The number of pyridine rings is 1. The number of nitrogens with one attached hydrogen (secondary N) is 1. The van der Waals surface area contributed by atoms with Crippen LogP contribution in [0, 0.1) is 0 Å². The Balaban J connectivity index is 1.56. The molecular formula is C18H21N5O6S. The molecule has 11 nitrogen and oxygen atoms in total. The van der Waals surface area contributed by atoms with Crippen LogP contribution in [0.4, 0.5) is 4.79 Å². The number of hydrogen-bond acceptors (Lipinski definition) is 9. The third-order valence-corrected chi connectivity index (χ3v) is 5.51. The zero-order chi connectivity index (χ0) is 21.4. The molecule has 0 saturated heterocycles. The number of sulfonamides is 1. The minimum atomic E-state index is -3.77. The second kappa shape index (κ2) is 10.1. The molecule has 160 valence electrons. The molecule has 30 heavy (non-hydrogen) atoms. The van der Waals surface area contributed by atoms with Crippen molar-refractivity contribution in [2.24, 2.45) is 0 Å². The van der Waals surface area contributed by atoms with E-state index in [9.17, 15) is 13.2 Å². The molecule has 0 saturated carbocycles. The number of fused-ring (bicyclic) bond motifs is 1. The quantitative estimate of drug-likeness (QED) is 0.280. The van der Waals surface area contributed by atoms with Crippen molar-refractivity contribution in [1.29, 1.82) is 0 Å². The SMILES string of the molecule is CCOCCNS(=O)(=O)c1cnccc1CCOC(=O)On1nnc2ccccc21. The highest BCUT2D eigenvalue weighted by molar-refractivity contribution is 7.89. The number of nitrogens with zero attached hydrogens (tertiary/aromatic N) is 4. The van der Waals surface area contributed by atoms with Crippen LogP contribution in [0.1, 0.15) is 12.5 Å². The molecule has 0 atom stereocenters. The summed E-state index contributed by atoms with van der Waals surface area (Å²) in [4.78, 5) is 21.8. The summed E-state index contributed by atoms with van der Waals surface area (Å²) in [6.07, 6.45) is 1.88. The summed E-state index contributed by atoms with van der Waals surface area (Å²) in [6, 6.07) is 8.50. The van der Waals surface area contributed by atoms with Gasteiger partial charge in [-0.3, -0.25) is 9.82 Å². The van der Waals surface area contributed by atoms with Crippen molar-refractivity contribution in [2.45, 2.75) is 18.2 Å². The molecule has 0 spiro atoms. The van der Waals surface area contributed by atoms with Gasteiger partial charge in [-0.15, -0.1) is 5.10 Å². The number of rotatable bonds is 10. The molecule has 3 aromatic rings. The monoisotopic (exact) mass is 435 g/mol. The molecule has 3 rings (SSSR count). The van der Waals surface area contributed by atoms with Gasteiger partial charge in [-0.2, -0.15) is 0 Å². The van der Waals surface area contributed by atoms with E-state index in [0.29, 0.717) is 23.2 Å². The highest BCUT2D eigenvalue weighted by atomic mass is 32.2. The van der Waals surface area contributed by atoms with Gasteiger partial charge in [0.2, 0.25) is 10.0 Å². The minimum absolute atomic E-state index is 0.0146. The average Bonchev–Trinajstić information content (AvgIpc) is 3.14. The molecule has 0 aliphatic heterocycles. The average molecular weight is 435 g/mol. The number of carbonyl (C=O) groups is 1. The van der Waals surface area contributed by atoms with Gasteiger partial charge in [-0.05, 0) is 35.9 Å². The largest absolute Gasteiger partial charge is 0.535 e. The fourth-order valence-corrected chi connectivity index (χ4v) is 3.81. The molecule has 0 radical (unpaired) electrons. The second-order valence-corrected chi connectivity index (χ2v) is 7.70. The van der Waals surface area contributed by atoms with Crippen molar-refractivity contribution in [3.05, 3.63) is 48.3 Å². The number of ether oxygens (including phenoxy) is 2. The molecule has 0 aliphatic carbocycles. The molecule has 0 unspecified atom stereocenters. The predicted octanol–water partition coefficient (Wildman–Crippen LogP) is 0.949. The van der Waals surface area contributed by atoms with Gasteiger partial charge in [-0.1, -0.05) is 17.0 Å². The van der Waals surface area contributed by atoms with E-state index in [-0.39, 0.29) is 31.1 Å². The minimum Gasteiger partial charge on any atom is -0.432 e. The molecule has 2 heterocycles. The van der Waals surface area contributed by atoms with Crippen molar-refractivity contribution in [3.63, 3.8) is 0 Å². The first-order valence-corrected chi connectivity index (χ1v) is 10.7. The van der Waals surface area contributed by atoms with E-state index in [1.54, 1.807) is 30.3 Å². The summed E-state index contributed by atoms with van der Waals surface area (Å²) in [6.45, 7) is 2.62. The van der Waals surface area contributed by atoms with Crippen molar-refractivity contribution in [1.82, 2.24) is 24.9 Å². The van der Waals surface area contributed by atoms with Gasteiger partial charge < -0.3 is 9.47 Å². The van der Waals surface area contributed by atoms with Gasteiger partial charge in [0.1, 0.15) is 15.9 Å². The lowest BCUT2D eigenvalue weighted by Gasteiger charge is -2.11. The first kappa shape index (κ1) is 21.6. The lowest BCUT2D eigenvalue weighted by molar-refractivity contribution is 0.0401. The molecule has 0 fully saturated rings. The van der Waals surface area contributed by atoms with Gasteiger partial charge in [0, 0.05) is 32.0 Å². The lowest BCUT2D eigenvalue weighted by Crippen LogP contribution is -2.28. The summed E-state index contributed by atoms with van der Waals surface area (Å²) in [7, 11) is -3.77. The zero-order valence-electron chi connectivity index (χ0n) is 16.2. The van der Waals surface area contributed by atoms with Crippen LogP contribution in [0.3, 0.4) is 0 Å². The van der Waals surface area contributed by atoms with Crippen LogP contribution < -0.4 is 9.56 Å². The van der Waals surface area contributed by atoms with Crippen LogP contribution in [0.15, 0.2) is 47.6 Å². The van der Waals surface area contributed by atoms with Gasteiger partial charge in [0.15, 0.2) is 0 Å². The summed E-state index contributed by atoms with van der Waals surface area (Å²) < 4.78 is 37.6. The molecule has 12 heteroatoms. The van der Waals surface area contributed by atoms with Gasteiger partial charge in [0.05, 0.1) is 13.2 Å². The molecule has 2 aromatic heterocycles. The van der Waals surface area contributed by atoms with Gasteiger partial charge >= 0.3 is 6.16 Å². The maximum atomic E-state index is 12.5. The van der Waals surface area contributed by atoms with Crippen LogP contribution in [0.5, 0.6) is 0 Å². The first-order valence-electron chi connectivity index (χ1n) is 9.17. The van der Waals surface area contributed by atoms with Crippen molar-refractivity contribution >= 4 is 27.2 Å². The molecule has 1 N–H and O–H groups in total. The Morgan fingerprint density at radius 3 is 2.87 bits per heavy atom. The smallest absolute Gasteiger partial charge is 0.432 e. The van der Waals surface area contributed by atoms with Crippen molar-refractivity contribution < 1.29 is 27.5 Å². The van der Waals surface area contributed by atoms with Gasteiger partial charge in [-0.25, -0.2) is 17.9 Å². The third-order valence-electron chi connectivity index (χ3n) is 3.98. The van der Waals surface area contributed by atoms with E-state index in [2.05, 4.69) is 20.0 Å². The lowest BCUT2D eigenvalue weighted by atomic mass is 10.2. The summed E-state index contributed by atoms with van der Waals surface area (Å²) >= 11 is 0. The number of aromatic nitrogens is 4. The van der Waals surface area contributed by atoms with Gasteiger partial charge in [0.25, 0.3) is 0 Å². The normalized spacial score (nSPS) is 11.5. The fourth-order valence-electron chi connectivity index (χ4n) is 2.58. The Hall–Kier alpha value is -3.09. The predicted molar refractivity (Wildman–Crippen MR) is 105 cm³/mol. The van der Waals surface area contributed by atoms with Crippen LogP contribution in [0.25, 0.3) is 11.0 Å². The highest BCUT2D eigenvalue weighted by Crippen LogP contribution is 2.15. The van der Waals surface area contributed by atoms with E-state index in [1.807, 2.05) is 6.92 Å². The van der Waals surface area contributed by atoms with Crippen molar-refractivity contribution in [3.8, 4) is 0 Å². The van der Waals surface area contributed by atoms with Crippen LogP contribution in [0.2, 0.25) is 0 Å². The van der Waals surface area contributed by atoms with E-state index in [4.69, 9.17) is 14.3 Å². The Morgan fingerprint density at radius 1 is 1.20 bits per heavy atom. The standard InChI is InChI=1S/C18H21N5O6S/c1-2-27-12-10-20-30(25,26)17-13-19-9-7-14(17)8-11-28-18(24)29-23-16-6-4-3-5-15(16)21-22-23/h3-7,9,13,20H,2,8,10-12H2,1H3. The molecule has 0 aliphatic rings.